The molecule has 1 rings (SSSR count). The van der Waals surface area contributed by atoms with E-state index in [1.807, 2.05) is 0 Å². The van der Waals surface area contributed by atoms with E-state index in [-0.39, 0.29) is 0 Å². The molecule has 0 nitrogen and oxygen atoms in total. The van der Waals surface area contributed by atoms with Gasteiger partial charge in [-0.15, -0.1) is 0 Å². The van der Waals surface area contributed by atoms with Gasteiger partial charge in [0.05, 0.1) is 0 Å². The summed E-state index contributed by atoms with van der Waals surface area (Å²) in [6.07, 6.45) is 17.4. The Balaban J connectivity index is 3.08. The summed E-state index contributed by atoms with van der Waals surface area (Å²) in [6.45, 7) is 16.7. The van der Waals surface area contributed by atoms with E-state index < -0.39 is 18.4 Å². The topological polar surface area (TPSA) is 0 Å². The van der Waals surface area contributed by atoms with E-state index in [0.29, 0.717) is 5.41 Å². The molecule has 0 heterocycles. The summed E-state index contributed by atoms with van der Waals surface area (Å²) >= 11 is -2.17. The van der Waals surface area contributed by atoms with Crippen molar-refractivity contribution in [2.45, 2.75) is 120 Å². The number of hydrogen-bond donors (Lipinski definition) is 0. The van der Waals surface area contributed by atoms with Crippen molar-refractivity contribution in [1.29, 1.82) is 0 Å². The van der Waals surface area contributed by atoms with Crippen LogP contribution in [-0.4, -0.2) is 18.4 Å². The van der Waals surface area contributed by atoms with Gasteiger partial charge < -0.3 is 0 Å². The molecule has 27 heavy (non-hydrogen) atoms. The predicted octanol–water partition coefficient (Wildman–Crippen LogP) is 9.40. The standard InChI is InChI=1S/C14H21.3C4H9.Sn/c1-11(2)8-9-13-12(3)7-6-10-14(13,4)5;3*1-3-4-2;/h1,8-9H,6-7,10H2,2-5H3;3*1,3-4H2,2H3;/b9-8+,11-1?;;;;. The molecule has 0 bridgehead atoms. The van der Waals surface area contributed by atoms with Crippen molar-refractivity contribution in [3.05, 3.63) is 33.0 Å². The van der Waals surface area contributed by atoms with Gasteiger partial charge in [-0.2, -0.15) is 0 Å². The molecule has 0 aromatic rings. The zero-order chi connectivity index (χ0) is 20.3. The summed E-state index contributed by atoms with van der Waals surface area (Å²) in [4.78, 5) is 0. The van der Waals surface area contributed by atoms with Crippen LogP contribution in [0.4, 0.5) is 0 Å². The third-order valence-corrected chi connectivity index (χ3v) is 21.3. The summed E-state index contributed by atoms with van der Waals surface area (Å²) < 4.78 is 7.59. The SMILES string of the molecule is CCC[CH2][Sn](/[CH]=C(C)/C=C/C1=C(C)CCCC1(C)C)([CH2]CCC)[CH2]CCC. The van der Waals surface area contributed by atoms with E-state index >= 15 is 0 Å². The summed E-state index contributed by atoms with van der Waals surface area (Å²) in [5, 5.41) is 0. The Bertz CT molecular complexity index is 497. The summed E-state index contributed by atoms with van der Waals surface area (Å²) in [5.74, 6) is 0. The number of rotatable bonds is 12. The Morgan fingerprint density at radius 3 is 1.93 bits per heavy atom. The second-order valence-corrected chi connectivity index (χ2v) is 22.7. The maximum atomic E-state index is 2.87. The van der Waals surface area contributed by atoms with Gasteiger partial charge in [-0.3, -0.25) is 0 Å². The molecule has 0 fully saturated rings. The van der Waals surface area contributed by atoms with Crippen LogP contribution in [0.2, 0.25) is 13.3 Å². The van der Waals surface area contributed by atoms with Crippen LogP contribution in [0, 0.1) is 5.41 Å². The molecular weight excluding hydrogens is 431 g/mol. The zero-order valence-corrected chi connectivity index (χ0v) is 22.6. The molecule has 0 saturated heterocycles. The second-order valence-electron chi connectivity index (χ2n) is 9.83. The third-order valence-electron chi connectivity index (χ3n) is 6.67. The Morgan fingerprint density at radius 1 is 0.963 bits per heavy atom. The fourth-order valence-electron chi connectivity index (χ4n) is 4.93. The molecule has 1 aliphatic carbocycles. The molecule has 0 amide bonds. The molecule has 0 N–H and O–H groups in total. The van der Waals surface area contributed by atoms with Gasteiger partial charge in [-0.25, -0.2) is 0 Å². The number of hydrogen-bond acceptors (Lipinski definition) is 0. The molecule has 0 unspecified atom stereocenters. The van der Waals surface area contributed by atoms with Crippen molar-refractivity contribution in [3.8, 4) is 0 Å². The first-order valence-electron chi connectivity index (χ1n) is 11.9. The van der Waals surface area contributed by atoms with Gasteiger partial charge in [0.15, 0.2) is 0 Å². The van der Waals surface area contributed by atoms with Crippen LogP contribution in [0.25, 0.3) is 0 Å². The summed E-state index contributed by atoms with van der Waals surface area (Å²) in [5.41, 5.74) is 5.15. The van der Waals surface area contributed by atoms with E-state index in [2.05, 4.69) is 64.7 Å². The zero-order valence-electron chi connectivity index (χ0n) is 19.7. The van der Waals surface area contributed by atoms with Gasteiger partial charge in [-0.05, 0) is 0 Å². The van der Waals surface area contributed by atoms with E-state index in [1.165, 1.54) is 57.8 Å². The van der Waals surface area contributed by atoms with Crippen molar-refractivity contribution in [1.82, 2.24) is 0 Å². The number of allylic oxidation sites excluding steroid dienone is 5. The minimum atomic E-state index is -2.17. The van der Waals surface area contributed by atoms with Gasteiger partial charge in [0.1, 0.15) is 0 Å². The first-order valence-corrected chi connectivity index (χ1v) is 19.6. The molecule has 1 heteroatoms. The van der Waals surface area contributed by atoms with E-state index in [4.69, 9.17) is 0 Å². The van der Waals surface area contributed by atoms with E-state index in [9.17, 15) is 0 Å². The molecule has 0 spiro atoms. The molecule has 0 saturated carbocycles. The van der Waals surface area contributed by atoms with Crippen molar-refractivity contribution in [2.75, 3.05) is 0 Å². The second kappa shape index (κ2) is 12.6. The fraction of sp³-hybridized carbons (Fsp3) is 0.769. The first-order chi connectivity index (χ1) is 12.8. The van der Waals surface area contributed by atoms with Gasteiger partial charge >= 0.3 is 176 Å². The quantitative estimate of drug-likeness (QED) is 0.193. The van der Waals surface area contributed by atoms with Gasteiger partial charge in [-0.1, -0.05) is 0 Å². The normalized spacial score (nSPS) is 18.6. The molecule has 0 aromatic heterocycles. The van der Waals surface area contributed by atoms with Crippen molar-refractivity contribution in [2.24, 2.45) is 5.41 Å². The van der Waals surface area contributed by atoms with Gasteiger partial charge in [0, 0.05) is 0 Å². The molecule has 156 valence electrons. The van der Waals surface area contributed by atoms with Gasteiger partial charge in [0.25, 0.3) is 0 Å². The summed E-state index contributed by atoms with van der Waals surface area (Å²) in [6, 6.07) is 0. The third kappa shape index (κ3) is 8.50. The molecule has 0 aliphatic heterocycles. The molecule has 0 atom stereocenters. The Morgan fingerprint density at radius 2 is 1.48 bits per heavy atom. The van der Waals surface area contributed by atoms with Crippen LogP contribution < -0.4 is 0 Å². The van der Waals surface area contributed by atoms with E-state index in [1.54, 1.807) is 30.0 Å². The molecule has 1 aliphatic rings. The van der Waals surface area contributed by atoms with Crippen LogP contribution in [0.1, 0.15) is 106 Å². The van der Waals surface area contributed by atoms with Crippen LogP contribution in [0.5, 0.6) is 0 Å². The van der Waals surface area contributed by atoms with Crippen LogP contribution >= 0.6 is 0 Å². The van der Waals surface area contributed by atoms with E-state index in [0.717, 1.165) is 0 Å². The first kappa shape index (κ1) is 25.1. The van der Waals surface area contributed by atoms with Crippen molar-refractivity contribution >= 4 is 18.4 Å². The Kier molecular flexibility index (Phi) is 11.6. The number of unbranched alkanes of at least 4 members (excludes halogenated alkanes) is 3. The van der Waals surface area contributed by atoms with Crippen molar-refractivity contribution < 1.29 is 0 Å². The molecule has 0 radical (unpaired) electrons. The van der Waals surface area contributed by atoms with Gasteiger partial charge in [0.2, 0.25) is 0 Å². The monoisotopic (exact) mass is 480 g/mol. The van der Waals surface area contributed by atoms with Crippen LogP contribution in [0.3, 0.4) is 0 Å². The predicted molar refractivity (Wildman–Crippen MR) is 128 cm³/mol. The molecule has 0 aromatic carbocycles. The average molecular weight is 479 g/mol. The summed E-state index contributed by atoms with van der Waals surface area (Å²) in [7, 11) is 0. The average Bonchev–Trinajstić information content (AvgIpc) is 2.62. The maximum absolute atomic E-state index is 2.87. The minimum absolute atomic E-state index is 0.353. The fourth-order valence-corrected chi connectivity index (χ4v) is 20.4. The Labute approximate surface area is 175 Å². The Hall–Kier alpha value is 0.0187. The van der Waals surface area contributed by atoms with Crippen molar-refractivity contribution in [3.63, 3.8) is 0 Å². The van der Waals surface area contributed by atoms with Crippen LogP contribution in [0.15, 0.2) is 33.0 Å². The van der Waals surface area contributed by atoms with Crippen LogP contribution in [-0.2, 0) is 0 Å². The molecular formula is C26H48Sn.